The molecule has 0 amide bonds. The van der Waals surface area contributed by atoms with E-state index in [1.54, 1.807) is 12.1 Å². The molecule has 1 aliphatic rings. The molecular formula is C22H21FINO5. The quantitative estimate of drug-likeness (QED) is 0.364. The number of rotatable bonds is 6. The predicted molar refractivity (Wildman–Crippen MR) is 102 cm³/mol. The summed E-state index contributed by atoms with van der Waals surface area (Å²) in [5, 5.41) is 0. The highest BCUT2D eigenvalue weighted by Gasteiger charge is 2.22. The van der Waals surface area contributed by atoms with Gasteiger partial charge in [0, 0.05) is 30.3 Å². The summed E-state index contributed by atoms with van der Waals surface area (Å²) in [6, 6.07) is 14.6. The molecule has 3 rings (SSSR count). The molecule has 0 aliphatic carbocycles. The summed E-state index contributed by atoms with van der Waals surface area (Å²) in [5.74, 6) is -0.370. The highest BCUT2D eigenvalue weighted by atomic mass is 127. The first-order valence-corrected chi connectivity index (χ1v) is 11.7. The summed E-state index contributed by atoms with van der Waals surface area (Å²) >= 11 is -3.76. The van der Waals surface area contributed by atoms with Crippen LogP contribution in [0.25, 0.3) is 0 Å². The van der Waals surface area contributed by atoms with E-state index in [2.05, 4.69) is 0 Å². The standard InChI is InChI=1S/C22H20FNO2.HIO3/c1-24-19(14-21(25)16-6-3-2-4-7-16)8-5-9-20(24)15-22(26)17-10-12-18(23)13-11-17;2-1(3)4/h2-13,20H,14-15H2,1H3;2H. The molecular weight excluding hydrogens is 504 g/mol. The number of benzene rings is 2. The minimum absolute atomic E-state index is 0.0441. The minimum atomic E-state index is -3.76. The van der Waals surface area contributed by atoms with Crippen LogP contribution in [0.4, 0.5) is 4.39 Å². The Morgan fingerprint density at radius 3 is 2.20 bits per heavy atom. The maximum Gasteiger partial charge on any atom is 0.503 e. The van der Waals surface area contributed by atoms with Crippen molar-refractivity contribution in [3.63, 3.8) is 0 Å². The van der Waals surface area contributed by atoms with Crippen LogP contribution in [-0.2, 0) is 0 Å². The monoisotopic (exact) mass is 525 g/mol. The Kier molecular flexibility index (Phi) is 9.31. The van der Waals surface area contributed by atoms with Crippen LogP contribution < -0.4 is 27.9 Å². The van der Waals surface area contributed by atoms with Crippen molar-refractivity contribution in [3.05, 3.63) is 95.5 Å². The van der Waals surface area contributed by atoms with Crippen molar-refractivity contribution < 1.29 is 45.4 Å². The summed E-state index contributed by atoms with van der Waals surface area (Å²) in [6.07, 6.45) is 6.29. The lowest BCUT2D eigenvalue weighted by molar-refractivity contribution is -1.63. The van der Waals surface area contributed by atoms with Crippen molar-refractivity contribution in [1.29, 1.82) is 0 Å². The summed E-state index contributed by atoms with van der Waals surface area (Å²) in [7, 11) is 1.89. The molecule has 0 saturated carbocycles. The molecule has 0 aromatic heterocycles. The molecule has 158 valence electrons. The molecule has 1 N–H and O–H groups in total. The van der Waals surface area contributed by atoms with E-state index in [1.165, 1.54) is 24.3 Å². The van der Waals surface area contributed by atoms with Crippen molar-refractivity contribution in [2.45, 2.75) is 18.9 Å². The summed E-state index contributed by atoms with van der Waals surface area (Å²) in [4.78, 5) is 26.9. The van der Waals surface area contributed by atoms with E-state index in [0.29, 0.717) is 11.1 Å². The highest BCUT2D eigenvalue weighted by molar-refractivity contribution is 5.98. The van der Waals surface area contributed by atoms with Gasteiger partial charge in [-0.15, -0.1) is 0 Å². The van der Waals surface area contributed by atoms with Crippen molar-refractivity contribution in [1.82, 2.24) is 4.90 Å². The molecule has 1 heterocycles. The van der Waals surface area contributed by atoms with E-state index in [9.17, 15) is 14.0 Å². The number of likely N-dealkylation sites (N-methyl/N-ethyl adjacent to an activating group) is 1. The van der Waals surface area contributed by atoms with Gasteiger partial charge in [-0.3, -0.25) is 9.59 Å². The number of Topliss-reactive ketones (excluding diaryl/α,β-unsaturated/α-hetero) is 2. The summed E-state index contributed by atoms with van der Waals surface area (Å²) in [6.45, 7) is 0. The maximum absolute atomic E-state index is 13.0. The van der Waals surface area contributed by atoms with E-state index in [4.69, 9.17) is 10.3 Å². The number of hydrogen-bond acceptors (Lipinski definition) is 6. The first kappa shape index (κ1) is 23.9. The number of carbonyl (C=O) groups excluding carboxylic acids is 2. The van der Waals surface area contributed by atoms with Gasteiger partial charge >= 0.3 is 21.1 Å². The van der Waals surface area contributed by atoms with Crippen molar-refractivity contribution in [2.24, 2.45) is 0 Å². The van der Waals surface area contributed by atoms with E-state index >= 15 is 0 Å². The molecule has 1 aliphatic heterocycles. The number of halogens is 2. The lowest BCUT2D eigenvalue weighted by Crippen LogP contribution is -3.98. The lowest BCUT2D eigenvalue weighted by Gasteiger charge is -2.32. The topological polar surface area (TPSA) is 104 Å². The smallest absolute Gasteiger partial charge is 0.396 e. The third-order valence-corrected chi connectivity index (χ3v) is 4.57. The largest absolute Gasteiger partial charge is 0.503 e. The zero-order valence-corrected chi connectivity index (χ0v) is 18.4. The van der Waals surface area contributed by atoms with Gasteiger partial charge in [0.1, 0.15) is 5.82 Å². The average Bonchev–Trinajstić information content (AvgIpc) is 2.71. The molecule has 1 atom stereocenters. The van der Waals surface area contributed by atoms with E-state index < -0.39 is 21.1 Å². The van der Waals surface area contributed by atoms with Gasteiger partial charge in [0.2, 0.25) is 0 Å². The number of carbonyl (C=O) groups is 2. The number of hydrogen-bond donors (Lipinski definition) is 1. The third-order valence-electron chi connectivity index (χ3n) is 4.57. The Bertz CT molecular complexity index is 910. The Morgan fingerprint density at radius 2 is 1.60 bits per heavy atom. The van der Waals surface area contributed by atoms with Crippen molar-refractivity contribution in [3.8, 4) is 0 Å². The van der Waals surface area contributed by atoms with E-state index in [-0.39, 0.29) is 36.3 Å². The van der Waals surface area contributed by atoms with Crippen molar-refractivity contribution in [2.75, 3.05) is 7.05 Å². The van der Waals surface area contributed by atoms with Gasteiger partial charge < -0.3 is 11.8 Å². The van der Waals surface area contributed by atoms with Crippen molar-refractivity contribution >= 4 is 11.6 Å². The van der Waals surface area contributed by atoms with Crippen LogP contribution in [0.1, 0.15) is 33.6 Å². The minimum Gasteiger partial charge on any atom is -0.396 e. The second kappa shape index (κ2) is 11.7. The number of allylic oxidation sites excluding steroid dienone is 3. The van der Waals surface area contributed by atoms with Crippen LogP contribution in [-0.4, -0.2) is 33.0 Å². The van der Waals surface area contributed by atoms with Gasteiger partial charge in [-0.05, 0) is 33.8 Å². The zero-order chi connectivity index (χ0) is 22.1. The number of nitrogens with zero attached hydrogens (tertiary/aromatic N) is 1. The third kappa shape index (κ3) is 7.45. The van der Waals surface area contributed by atoms with E-state index in [0.717, 1.165) is 5.70 Å². The van der Waals surface area contributed by atoms with Crippen LogP contribution in [0.3, 0.4) is 0 Å². The Labute approximate surface area is 183 Å². The molecule has 2 aromatic carbocycles. The SMILES string of the molecule is CN1C(CC(=O)c2ccccc2)=CC=CC1CC(=O)c1ccc(F)cc1.[O-][I+2]([O-])O. The second-order valence-electron chi connectivity index (χ2n) is 6.52. The van der Waals surface area contributed by atoms with Crippen LogP contribution in [0.2, 0.25) is 0 Å². The fourth-order valence-electron chi connectivity index (χ4n) is 2.98. The molecule has 0 radical (unpaired) electrons. The van der Waals surface area contributed by atoms with Gasteiger partial charge in [-0.25, -0.2) is 4.39 Å². The molecule has 0 bridgehead atoms. The van der Waals surface area contributed by atoms with Crippen LogP contribution in [0, 0.1) is 5.82 Å². The summed E-state index contributed by atoms with van der Waals surface area (Å²) < 4.78 is 37.5. The van der Waals surface area contributed by atoms with Gasteiger partial charge in [-0.1, -0.05) is 42.5 Å². The molecule has 6 nitrogen and oxygen atoms in total. The molecule has 0 spiro atoms. The summed E-state index contributed by atoms with van der Waals surface area (Å²) in [5.41, 5.74) is 2.04. The second-order valence-corrected chi connectivity index (χ2v) is 7.67. The normalized spacial score (nSPS) is 15.3. The Hall–Kier alpha value is -2.40. The van der Waals surface area contributed by atoms with Gasteiger partial charge in [0.05, 0.1) is 12.5 Å². The van der Waals surface area contributed by atoms with Gasteiger partial charge in [0.25, 0.3) is 0 Å². The van der Waals surface area contributed by atoms with Gasteiger partial charge in [-0.2, -0.15) is 0 Å². The Morgan fingerprint density at radius 1 is 1.03 bits per heavy atom. The molecule has 0 fully saturated rings. The molecule has 30 heavy (non-hydrogen) atoms. The van der Waals surface area contributed by atoms with Crippen LogP contribution in [0.5, 0.6) is 0 Å². The lowest BCUT2D eigenvalue weighted by atomic mass is 9.98. The molecule has 0 saturated heterocycles. The highest BCUT2D eigenvalue weighted by Crippen LogP contribution is 2.22. The molecule has 8 heteroatoms. The molecule has 2 aromatic rings. The Balaban J connectivity index is 0.000000735. The first-order valence-electron chi connectivity index (χ1n) is 8.99. The molecule has 1 unspecified atom stereocenters. The van der Waals surface area contributed by atoms with Gasteiger partial charge in [0.15, 0.2) is 11.6 Å². The first-order chi connectivity index (χ1) is 14.3. The number of ketones is 2. The van der Waals surface area contributed by atoms with Crippen LogP contribution in [0.15, 0.2) is 78.5 Å². The maximum atomic E-state index is 13.0. The zero-order valence-electron chi connectivity index (χ0n) is 16.2. The predicted octanol–water partition coefficient (Wildman–Crippen LogP) is -1.51. The van der Waals surface area contributed by atoms with Crippen LogP contribution >= 0.6 is 0 Å². The van der Waals surface area contributed by atoms with E-state index in [1.807, 2.05) is 48.4 Å². The fraction of sp³-hybridized carbons (Fsp3) is 0.182. The average molecular weight is 525 g/mol. The fourth-order valence-corrected chi connectivity index (χ4v) is 2.98.